The van der Waals surface area contributed by atoms with E-state index in [2.05, 4.69) is 16.8 Å². The minimum atomic E-state index is -0.0336. The van der Waals surface area contributed by atoms with Crippen molar-refractivity contribution in [2.45, 2.75) is 25.2 Å². The number of hydrogen-bond acceptors (Lipinski definition) is 4. The van der Waals surface area contributed by atoms with Crippen LogP contribution in [0.2, 0.25) is 5.02 Å². The van der Waals surface area contributed by atoms with Crippen molar-refractivity contribution in [3.05, 3.63) is 22.8 Å². The molecule has 0 spiro atoms. The van der Waals surface area contributed by atoms with Crippen molar-refractivity contribution in [1.29, 1.82) is 0 Å². The molecule has 1 aromatic rings. The summed E-state index contributed by atoms with van der Waals surface area (Å²) in [6.07, 6.45) is 2.81. The van der Waals surface area contributed by atoms with E-state index in [1.54, 1.807) is 6.20 Å². The first kappa shape index (κ1) is 13.0. The van der Waals surface area contributed by atoms with Crippen LogP contribution in [0.15, 0.2) is 12.3 Å². The standard InChI is InChI=1S/C12H17ClN2OS/c1-2-10-7-15(3-4-17-10)12-5-9(8-16)11(13)6-14-12/h5-6,10,16H,2-4,7-8H2,1H3. The molecule has 5 heteroatoms. The Labute approximate surface area is 111 Å². The van der Waals surface area contributed by atoms with Crippen molar-refractivity contribution in [2.24, 2.45) is 0 Å². The Bertz CT molecular complexity index is 389. The molecule has 3 nitrogen and oxygen atoms in total. The van der Waals surface area contributed by atoms with Crippen molar-refractivity contribution < 1.29 is 5.11 Å². The number of halogens is 1. The molecule has 0 amide bonds. The highest BCUT2D eigenvalue weighted by Gasteiger charge is 2.20. The zero-order chi connectivity index (χ0) is 12.3. The summed E-state index contributed by atoms with van der Waals surface area (Å²) in [4.78, 5) is 6.63. The van der Waals surface area contributed by atoms with E-state index in [4.69, 9.17) is 11.6 Å². The van der Waals surface area contributed by atoms with Crippen LogP contribution < -0.4 is 4.90 Å². The van der Waals surface area contributed by atoms with Crippen LogP contribution in [-0.2, 0) is 6.61 Å². The first-order valence-electron chi connectivity index (χ1n) is 5.86. The van der Waals surface area contributed by atoms with Gasteiger partial charge in [-0.15, -0.1) is 0 Å². The fourth-order valence-electron chi connectivity index (χ4n) is 1.94. The first-order valence-corrected chi connectivity index (χ1v) is 7.29. The number of nitrogens with zero attached hydrogens (tertiary/aromatic N) is 2. The Kier molecular flexibility index (Phi) is 4.54. The van der Waals surface area contributed by atoms with E-state index in [1.807, 2.05) is 17.8 Å². The second-order valence-electron chi connectivity index (χ2n) is 4.14. The first-order chi connectivity index (χ1) is 8.24. The summed E-state index contributed by atoms with van der Waals surface area (Å²) in [5.41, 5.74) is 0.753. The quantitative estimate of drug-likeness (QED) is 0.918. The topological polar surface area (TPSA) is 36.4 Å². The summed E-state index contributed by atoms with van der Waals surface area (Å²) in [5.74, 6) is 2.06. The van der Waals surface area contributed by atoms with Gasteiger partial charge in [0.2, 0.25) is 0 Å². The molecule has 2 heterocycles. The molecule has 1 saturated heterocycles. The molecule has 0 radical (unpaired) electrons. The van der Waals surface area contributed by atoms with Crippen molar-refractivity contribution >= 4 is 29.2 Å². The van der Waals surface area contributed by atoms with Crippen molar-refractivity contribution in [3.63, 3.8) is 0 Å². The zero-order valence-corrected chi connectivity index (χ0v) is 11.5. The molecule has 0 bridgehead atoms. The number of anilines is 1. The van der Waals surface area contributed by atoms with Crippen LogP contribution in [0, 0.1) is 0 Å². The number of hydrogen-bond donors (Lipinski definition) is 1. The molecule has 17 heavy (non-hydrogen) atoms. The van der Waals surface area contributed by atoms with Gasteiger partial charge < -0.3 is 10.0 Å². The third-order valence-electron chi connectivity index (χ3n) is 3.01. The van der Waals surface area contributed by atoms with Gasteiger partial charge in [-0.2, -0.15) is 11.8 Å². The minimum Gasteiger partial charge on any atom is -0.392 e. The normalized spacial score (nSPS) is 20.6. The van der Waals surface area contributed by atoms with Gasteiger partial charge in [0.25, 0.3) is 0 Å². The maximum Gasteiger partial charge on any atom is 0.129 e. The van der Waals surface area contributed by atoms with Crippen molar-refractivity contribution in [2.75, 3.05) is 23.7 Å². The molecule has 1 aliphatic heterocycles. The Morgan fingerprint density at radius 3 is 3.18 bits per heavy atom. The average Bonchev–Trinajstić information content (AvgIpc) is 2.39. The second kappa shape index (κ2) is 5.94. The van der Waals surface area contributed by atoms with Crippen LogP contribution in [-0.4, -0.2) is 34.2 Å². The number of aliphatic hydroxyl groups excluding tert-OH is 1. The lowest BCUT2D eigenvalue weighted by molar-refractivity contribution is 0.282. The predicted octanol–water partition coefficient (Wildman–Crippen LogP) is 2.56. The maximum absolute atomic E-state index is 9.20. The molecule has 1 N–H and O–H groups in total. The fraction of sp³-hybridized carbons (Fsp3) is 0.583. The maximum atomic E-state index is 9.20. The van der Waals surface area contributed by atoms with Gasteiger partial charge in [0.1, 0.15) is 5.82 Å². The van der Waals surface area contributed by atoms with Crippen LogP contribution in [0.5, 0.6) is 0 Å². The van der Waals surface area contributed by atoms with Gasteiger partial charge in [0.05, 0.1) is 11.6 Å². The highest BCUT2D eigenvalue weighted by molar-refractivity contribution is 8.00. The van der Waals surface area contributed by atoms with E-state index in [-0.39, 0.29) is 6.61 Å². The van der Waals surface area contributed by atoms with Gasteiger partial charge in [-0.1, -0.05) is 18.5 Å². The average molecular weight is 273 g/mol. The van der Waals surface area contributed by atoms with E-state index >= 15 is 0 Å². The van der Waals surface area contributed by atoms with E-state index in [0.29, 0.717) is 10.3 Å². The largest absolute Gasteiger partial charge is 0.392 e. The summed E-state index contributed by atoms with van der Waals surface area (Å²) < 4.78 is 0. The third-order valence-corrected chi connectivity index (χ3v) is 4.72. The van der Waals surface area contributed by atoms with Gasteiger partial charge in [-0.25, -0.2) is 4.98 Å². The SMILES string of the molecule is CCC1CN(c2cc(CO)c(Cl)cn2)CCS1. The molecule has 0 aromatic carbocycles. The van der Waals surface area contributed by atoms with Crippen molar-refractivity contribution in [1.82, 2.24) is 4.98 Å². The molecule has 1 fully saturated rings. The number of aliphatic hydroxyl groups is 1. The van der Waals surface area contributed by atoms with E-state index in [9.17, 15) is 5.11 Å². The summed E-state index contributed by atoms with van der Waals surface area (Å²) in [6, 6.07) is 1.89. The zero-order valence-electron chi connectivity index (χ0n) is 9.90. The van der Waals surface area contributed by atoms with Crippen LogP contribution >= 0.6 is 23.4 Å². The second-order valence-corrected chi connectivity index (χ2v) is 5.95. The molecular weight excluding hydrogens is 256 g/mol. The molecule has 2 rings (SSSR count). The van der Waals surface area contributed by atoms with Gasteiger partial charge in [-0.05, 0) is 12.5 Å². The van der Waals surface area contributed by atoms with Crippen molar-refractivity contribution in [3.8, 4) is 0 Å². The number of rotatable bonds is 3. The lowest BCUT2D eigenvalue weighted by Crippen LogP contribution is -2.38. The molecule has 1 aromatic heterocycles. The molecule has 0 aliphatic carbocycles. The Hall–Kier alpha value is -0.450. The molecule has 94 valence electrons. The molecular formula is C12H17ClN2OS. The summed E-state index contributed by atoms with van der Waals surface area (Å²) in [5, 5.41) is 10.4. The Morgan fingerprint density at radius 1 is 1.65 bits per heavy atom. The Morgan fingerprint density at radius 2 is 2.47 bits per heavy atom. The number of aromatic nitrogens is 1. The number of thioether (sulfide) groups is 1. The minimum absolute atomic E-state index is 0.0336. The monoisotopic (exact) mass is 272 g/mol. The molecule has 1 aliphatic rings. The highest BCUT2D eigenvalue weighted by Crippen LogP contribution is 2.26. The molecule has 1 atom stereocenters. The van der Waals surface area contributed by atoms with Crippen LogP contribution in [0.1, 0.15) is 18.9 Å². The van der Waals surface area contributed by atoms with Gasteiger partial charge in [0, 0.05) is 35.9 Å². The predicted molar refractivity (Wildman–Crippen MR) is 73.9 cm³/mol. The molecule has 1 unspecified atom stereocenters. The van der Waals surface area contributed by atoms with Gasteiger partial charge in [0.15, 0.2) is 0 Å². The van der Waals surface area contributed by atoms with Crippen LogP contribution in [0.3, 0.4) is 0 Å². The lowest BCUT2D eigenvalue weighted by Gasteiger charge is -2.33. The molecule has 0 saturated carbocycles. The van der Waals surface area contributed by atoms with Gasteiger partial charge in [-0.3, -0.25) is 0 Å². The van der Waals surface area contributed by atoms with E-state index < -0.39 is 0 Å². The van der Waals surface area contributed by atoms with Crippen LogP contribution in [0.25, 0.3) is 0 Å². The summed E-state index contributed by atoms with van der Waals surface area (Å²) in [6.45, 7) is 4.23. The summed E-state index contributed by atoms with van der Waals surface area (Å²) in [7, 11) is 0. The Balaban J connectivity index is 2.16. The smallest absolute Gasteiger partial charge is 0.129 e. The van der Waals surface area contributed by atoms with Gasteiger partial charge >= 0.3 is 0 Å². The highest BCUT2D eigenvalue weighted by atomic mass is 35.5. The number of pyridine rings is 1. The van der Waals surface area contributed by atoms with Crippen LogP contribution in [0.4, 0.5) is 5.82 Å². The summed E-state index contributed by atoms with van der Waals surface area (Å²) >= 11 is 7.98. The third kappa shape index (κ3) is 3.06. The van der Waals surface area contributed by atoms with E-state index in [0.717, 1.165) is 30.2 Å². The fourth-order valence-corrected chi connectivity index (χ4v) is 3.28. The lowest BCUT2D eigenvalue weighted by atomic mass is 10.2. The van der Waals surface area contributed by atoms with E-state index in [1.165, 1.54) is 6.42 Å².